The zero-order valence-electron chi connectivity index (χ0n) is 15.3. The fourth-order valence-corrected chi connectivity index (χ4v) is 2.77. The van der Waals surface area contributed by atoms with Crippen molar-refractivity contribution in [3.8, 4) is 11.5 Å². The maximum Gasteiger partial charge on any atom is 0.250 e. The zero-order chi connectivity index (χ0) is 18.1. The van der Waals surface area contributed by atoms with Crippen LogP contribution in [-0.4, -0.2) is 18.9 Å². The molecule has 2 rings (SSSR count). The van der Waals surface area contributed by atoms with Gasteiger partial charge in [0.2, 0.25) is 0 Å². The van der Waals surface area contributed by atoms with E-state index in [1.54, 1.807) is 0 Å². The lowest BCUT2D eigenvalue weighted by molar-refractivity contribution is -0.118. The average molecular weight is 342 g/mol. The van der Waals surface area contributed by atoms with E-state index in [0.717, 1.165) is 37.2 Å². The van der Waals surface area contributed by atoms with Gasteiger partial charge in [0.15, 0.2) is 0 Å². The molecule has 0 unspecified atom stereocenters. The molecule has 0 aliphatic carbocycles. The third kappa shape index (κ3) is 5.48. The van der Waals surface area contributed by atoms with Crippen LogP contribution in [0.15, 0.2) is 48.5 Å². The average Bonchev–Trinajstić information content (AvgIpc) is 2.65. The van der Waals surface area contributed by atoms with Crippen LogP contribution in [0, 0.1) is 0 Å². The van der Waals surface area contributed by atoms with Gasteiger partial charge < -0.3 is 20.9 Å². The fraction of sp³-hybridized carbons (Fsp3) is 0.429. The molecular formula is C21H30N2O2. The molecule has 0 aliphatic rings. The standard InChI is InChI=1S/C21H30N2O2/c1-3-21(4-2,24-19-9-5-17(6-10-19)13-15-22)25-20-11-7-18(8-12-20)14-16-23/h5-12H,3-4,13-16,22-23H2,1-2H3. The highest BCUT2D eigenvalue weighted by Crippen LogP contribution is 2.29. The van der Waals surface area contributed by atoms with E-state index in [0.29, 0.717) is 13.1 Å². The maximum atomic E-state index is 6.24. The predicted molar refractivity (Wildman–Crippen MR) is 103 cm³/mol. The number of hydrogen-bond donors (Lipinski definition) is 2. The number of ether oxygens (including phenoxy) is 2. The van der Waals surface area contributed by atoms with Gasteiger partial charge in [0.25, 0.3) is 5.79 Å². The first-order valence-electron chi connectivity index (χ1n) is 9.10. The van der Waals surface area contributed by atoms with Crippen molar-refractivity contribution in [1.82, 2.24) is 0 Å². The predicted octanol–water partition coefficient (Wildman–Crippen LogP) is 3.66. The van der Waals surface area contributed by atoms with Crippen molar-refractivity contribution in [2.45, 2.75) is 45.3 Å². The molecule has 0 radical (unpaired) electrons. The van der Waals surface area contributed by atoms with Gasteiger partial charge in [0.1, 0.15) is 11.5 Å². The van der Waals surface area contributed by atoms with Crippen LogP contribution in [0.25, 0.3) is 0 Å². The van der Waals surface area contributed by atoms with E-state index in [2.05, 4.69) is 38.1 Å². The molecule has 136 valence electrons. The van der Waals surface area contributed by atoms with Gasteiger partial charge in [-0.25, -0.2) is 0 Å². The fourth-order valence-electron chi connectivity index (χ4n) is 2.77. The lowest BCUT2D eigenvalue weighted by atomic mass is 10.1. The Balaban J connectivity index is 2.11. The largest absolute Gasteiger partial charge is 0.452 e. The topological polar surface area (TPSA) is 70.5 Å². The van der Waals surface area contributed by atoms with Crippen LogP contribution in [-0.2, 0) is 12.8 Å². The number of nitrogens with two attached hydrogens (primary N) is 2. The van der Waals surface area contributed by atoms with Gasteiger partial charge in [-0.05, 0) is 61.3 Å². The highest BCUT2D eigenvalue weighted by Gasteiger charge is 2.31. The van der Waals surface area contributed by atoms with E-state index >= 15 is 0 Å². The van der Waals surface area contributed by atoms with Crippen molar-refractivity contribution >= 4 is 0 Å². The van der Waals surface area contributed by atoms with Crippen molar-refractivity contribution in [2.24, 2.45) is 11.5 Å². The van der Waals surface area contributed by atoms with E-state index in [-0.39, 0.29) is 0 Å². The second-order valence-electron chi connectivity index (χ2n) is 6.19. The minimum absolute atomic E-state index is 0.650. The summed E-state index contributed by atoms with van der Waals surface area (Å²) in [6.45, 7) is 5.46. The summed E-state index contributed by atoms with van der Waals surface area (Å²) in [6, 6.07) is 16.2. The van der Waals surface area contributed by atoms with Crippen LogP contribution >= 0.6 is 0 Å². The first-order valence-corrected chi connectivity index (χ1v) is 9.10. The first kappa shape index (κ1) is 19.3. The van der Waals surface area contributed by atoms with E-state index in [1.165, 1.54) is 11.1 Å². The molecule has 4 heteroatoms. The summed E-state index contributed by atoms with van der Waals surface area (Å²) in [6.07, 6.45) is 3.24. The molecule has 0 bridgehead atoms. The van der Waals surface area contributed by atoms with Crippen molar-refractivity contribution in [3.63, 3.8) is 0 Å². The highest BCUT2D eigenvalue weighted by atomic mass is 16.7. The van der Waals surface area contributed by atoms with Gasteiger partial charge in [0, 0.05) is 12.8 Å². The molecule has 0 atom stereocenters. The Bertz CT molecular complexity index is 566. The van der Waals surface area contributed by atoms with Gasteiger partial charge in [0.05, 0.1) is 0 Å². The normalized spacial score (nSPS) is 11.4. The Morgan fingerprint density at radius 1 is 0.680 bits per heavy atom. The molecular weight excluding hydrogens is 312 g/mol. The SMILES string of the molecule is CCC(CC)(Oc1ccc(CCN)cc1)Oc1ccc(CCN)cc1. The van der Waals surface area contributed by atoms with Crippen molar-refractivity contribution < 1.29 is 9.47 Å². The smallest absolute Gasteiger partial charge is 0.250 e. The molecule has 0 spiro atoms. The summed E-state index contributed by atoms with van der Waals surface area (Å²) in [7, 11) is 0. The zero-order valence-corrected chi connectivity index (χ0v) is 15.3. The molecule has 0 aromatic heterocycles. The van der Waals surface area contributed by atoms with Gasteiger partial charge in [-0.1, -0.05) is 38.1 Å². The number of rotatable bonds is 10. The second-order valence-corrected chi connectivity index (χ2v) is 6.19. The second kappa shape index (κ2) is 9.44. The number of benzene rings is 2. The van der Waals surface area contributed by atoms with Crippen molar-refractivity contribution in [3.05, 3.63) is 59.7 Å². The Hall–Kier alpha value is -2.04. The summed E-state index contributed by atoms with van der Waals surface area (Å²) in [4.78, 5) is 0. The summed E-state index contributed by atoms with van der Waals surface area (Å²) >= 11 is 0. The van der Waals surface area contributed by atoms with E-state index in [9.17, 15) is 0 Å². The third-order valence-corrected chi connectivity index (χ3v) is 4.40. The molecule has 0 saturated heterocycles. The van der Waals surface area contributed by atoms with Crippen LogP contribution in [0.4, 0.5) is 0 Å². The van der Waals surface area contributed by atoms with E-state index in [1.807, 2.05) is 24.3 Å². The van der Waals surface area contributed by atoms with Crippen LogP contribution < -0.4 is 20.9 Å². The Morgan fingerprint density at radius 3 is 1.32 bits per heavy atom. The Morgan fingerprint density at radius 2 is 1.04 bits per heavy atom. The van der Waals surface area contributed by atoms with Gasteiger partial charge >= 0.3 is 0 Å². The summed E-state index contributed by atoms with van der Waals surface area (Å²) in [5.41, 5.74) is 13.6. The van der Waals surface area contributed by atoms with Crippen LogP contribution in [0.3, 0.4) is 0 Å². The molecule has 0 heterocycles. The monoisotopic (exact) mass is 342 g/mol. The minimum Gasteiger partial charge on any atom is -0.452 e. The molecule has 25 heavy (non-hydrogen) atoms. The highest BCUT2D eigenvalue weighted by molar-refractivity contribution is 5.30. The van der Waals surface area contributed by atoms with Crippen molar-refractivity contribution in [1.29, 1.82) is 0 Å². The first-order chi connectivity index (χ1) is 12.1. The third-order valence-electron chi connectivity index (χ3n) is 4.40. The molecule has 0 saturated carbocycles. The van der Waals surface area contributed by atoms with Crippen LogP contribution in [0.2, 0.25) is 0 Å². The van der Waals surface area contributed by atoms with Crippen LogP contribution in [0.1, 0.15) is 37.8 Å². The Labute approximate surface area is 151 Å². The summed E-state index contributed by atoms with van der Waals surface area (Å²) in [5.74, 6) is 0.943. The molecule has 2 aromatic rings. The maximum absolute atomic E-state index is 6.24. The molecule has 0 aliphatic heterocycles. The Kier molecular flexibility index (Phi) is 7.29. The van der Waals surface area contributed by atoms with E-state index < -0.39 is 5.79 Å². The van der Waals surface area contributed by atoms with Crippen molar-refractivity contribution in [2.75, 3.05) is 13.1 Å². The molecule has 0 fully saturated rings. The van der Waals surface area contributed by atoms with Gasteiger partial charge in [-0.2, -0.15) is 0 Å². The lowest BCUT2D eigenvalue weighted by Crippen LogP contribution is -2.41. The summed E-state index contributed by atoms with van der Waals surface area (Å²) < 4.78 is 12.5. The lowest BCUT2D eigenvalue weighted by Gasteiger charge is -2.33. The molecule has 2 aromatic carbocycles. The van der Waals surface area contributed by atoms with E-state index in [4.69, 9.17) is 20.9 Å². The quantitative estimate of drug-likeness (QED) is 0.646. The van der Waals surface area contributed by atoms with Gasteiger partial charge in [-0.3, -0.25) is 0 Å². The van der Waals surface area contributed by atoms with Gasteiger partial charge in [-0.15, -0.1) is 0 Å². The number of hydrogen-bond acceptors (Lipinski definition) is 4. The molecule has 4 N–H and O–H groups in total. The molecule has 4 nitrogen and oxygen atoms in total. The molecule has 0 amide bonds. The van der Waals surface area contributed by atoms with Crippen LogP contribution in [0.5, 0.6) is 11.5 Å². The summed E-state index contributed by atoms with van der Waals surface area (Å²) in [5, 5.41) is 0. The minimum atomic E-state index is -0.676.